The number of aromatic amines is 1. The van der Waals surface area contributed by atoms with Gasteiger partial charge in [0, 0.05) is 18.1 Å². The fraction of sp³-hybridized carbons (Fsp3) is 0.176. The third kappa shape index (κ3) is 2.36. The van der Waals surface area contributed by atoms with Crippen LogP contribution in [0.4, 0.5) is 0 Å². The summed E-state index contributed by atoms with van der Waals surface area (Å²) in [6.07, 6.45) is 3.16. The number of aromatic nitrogens is 4. The smallest absolute Gasteiger partial charge is 0.154 e. The zero-order valence-corrected chi connectivity index (χ0v) is 13.6. The largest absolute Gasteiger partial charge is 0.385 e. The molecule has 4 rings (SSSR count). The molecule has 0 bridgehead atoms. The summed E-state index contributed by atoms with van der Waals surface area (Å²) < 4.78 is 2.07. The molecule has 2 N–H and O–H groups in total. The molecule has 0 aliphatic rings. The highest BCUT2D eigenvalue weighted by molar-refractivity contribution is 7.13. The molecule has 3 aromatic heterocycles. The second kappa shape index (κ2) is 5.33. The van der Waals surface area contributed by atoms with Gasteiger partial charge in [-0.2, -0.15) is 0 Å². The maximum atomic E-state index is 9.67. The van der Waals surface area contributed by atoms with Gasteiger partial charge in [-0.1, -0.05) is 0 Å². The maximum absolute atomic E-state index is 9.67. The van der Waals surface area contributed by atoms with Crippen LogP contribution in [0.5, 0.6) is 0 Å². The molecule has 23 heavy (non-hydrogen) atoms. The zero-order valence-electron chi connectivity index (χ0n) is 12.8. The van der Waals surface area contributed by atoms with Crippen molar-refractivity contribution in [3.63, 3.8) is 0 Å². The fourth-order valence-electron chi connectivity index (χ4n) is 2.65. The van der Waals surface area contributed by atoms with Crippen LogP contribution < -0.4 is 0 Å². The van der Waals surface area contributed by atoms with Gasteiger partial charge in [0.15, 0.2) is 5.82 Å². The van der Waals surface area contributed by atoms with Gasteiger partial charge in [0.05, 0.1) is 15.9 Å². The van der Waals surface area contributed by atoms with E-state index < -0.39 is 6.10 Å². The number of aliphatic hydroxyl groups is 1. The van der Waals surface area contributed by atoms with Crippen LogP contribution in [-0.2, 0) is 0 Å². The number of nitrogens with zero attached hydrogens (tertiary/aromatic N) is 3. The van der Waals surface area contributed by atoms with Crippen molar-refractivity contribution in [2.24, 2.45) is 0 Å². The van der Waals surface area contributed by atoms with Gasteiger partial charge < -0.3 is 10.1 Å². The van der Waals surface area contributed by atoms with Crippen molar-refractivity contribution < 1.29 is 5.11 Å². The number of aryl methyl sites for hydroxylation is 1. The zero-order chi connectivity index (χ0) is 16.0. The van der Waals surface area contributed by atoms with Crippen molar-refractivity contribution >= 4 is 22.4 Å². The summed E-state index contributed by atoms with van der Waals surface area (Å²) in [7, 11) is 0. The Hall–Kier alpha value is -2.44. The lowest BCUT2D eigenvalue weighted by molar-refractivity contribution is 0.190. The van der Waals surface area contributed by atoms with Crippen LogP contribution in [0.1, 0.15) is 24.4 Å². The summed E-state index contributed by atoms with van der Waals surface area (Å²) in [6, 6.07) is 8.11. The predicted octanol–water partition coefficient (Wildman–Crippen LogP) is 3.84. The minimum absolute atomic E-state index is 0.581. The second-order valence-corrected chi connectivity index (χ2v) is 6.47. The van der Waals surface area contributed by atoms with E-state index >= 15 is 0 Å². The number of aliphatic hydroxyl groups excluding tert-OH is 1. The van der Waals surface area contributed by atoms with Crippen LogP contribution >= 0.6 is 11.3 Å². The molecule has 0 fully saturated rings. The average molecular weight is 324 g/mol. The monoisotopic (exact) mass is 324 g/mol. The van der Waals surface area contributed by atoms with Gasteiger partial charge in [0.2, 0.25) is 0 Å². The molecular weight excluding hydrogens is 308 g/mol. The van der Waals surface area contributed by atoms with Crippen molar-refractivity contribution in [2.75, 3.05) is 0 Å². The van der Waals surface area contributed by atoms with Crippen molar-refractivity contribution in [3.05, 3.63) is 53.4 Å². The minimum Gasteiger partial charge on any atom is -0.385 e. The number of H-pyrrole nitrogens is 1. The van der Waals surface area contributed by atoms with E-state index in [9.17, 15) is 5.11 Å². The van der Waals surface area contributed by atoms with Crippen LogP contribution in [0.3, 0.4) is 0 Å². The van der Waals surface area contributed by atoms with Crippen LogP contribution in [0, 0.1) is 6.92 Å². The molecule has 5 nitrogen and oxygen atoms in total. The number of rotatable bonds is 3. The number of fused-ring (bicyclic) bond motifs is 1. The highest BCUT2D eigenvalue weighted by Gasteiger charge is 2.13. The standard InChI is InChI=1S/C17H16N4OS/c1-10-5-8-23-15(10)17-18-6-7-21(17)12-3-4-13-14(9-12)20-16(19-13)11(2)22/h3-9,11,22H,1-2H3,(H,19,20). The molecule has 0 aliphatic carbocycles. The Bertz CT molecular complexity index is 979. The molecule has 1 atom stereocenters. The molecule has 0 spiro atoms. The number of nitrogens with one attached hydrogen (secondary N) is 1. The van der Waals surface area contributed by atoms with E-state index in [2.05, 4.69) is 37.9 Å². The van der Waals surface area contributed by atoms with Crippen molar-refractivity contribution in [1.29, 1.82) is 0 Å². The third-order valence-electron chi connectivity index (χ3n) is 3.86. The van der Waals surface area contributed by atoms with E-state index in [-0.39, 0.29) is 0 Å². The number of benzene rings is 1. The molecule has 6 heteroatoms. The number of thiophene rings is 1. The predicted molar refractivity (Wildman–Crippen MR) is 91.9 cm³/mol. The van der Waals surface area contributed by atoms with E-state index in [4.69, 9.17) is 0 Å². The van der Waals surface area contributed by atoms with E-state index in [0.29, 0.717) is 5.82 Å². The Balaban J connectivity index is 1.84. The number of hydrogen-bond donors (Lipinski definition) is 2. The molecule has 4 aromatic rings. The van der Waals surface area contributed by atoms with Crippen LogP contribution in [0.25, 0.3) is 27.4 Å². The van der Waals surface area contributed by atoms with E-state index in [0.717, 1.165) is 22.5 Å². The van der Waals surface area contributed by atoms with Crippen LogP contribution in [0.15, 0.2) is 42.0 Å². The SMILES string of the molecule is Cc1ccsc1-c1nccn1-c1ccc2nc(C(C)O)[nH]c2c1. The molecule has 0 saturated heterocycles. The van der Waals surface area contributed by atoms with Crippen molar-refractivity contribution in [1.82, 2.24) is 19.5 Å². The van der Waals surface area contributed by atoms with Gasteiger partial charge in [-0.15, -0.1) is 11.3 Å². The van der Waals surface area contributed by atoms with E-state index in [1.807, 2.05) is 30.6 Å². The third-order valence-corrected chi connectivity index (χ3v) is 4.88. The molecule has 3 heterocycles. The Morgan fingerprint density at radius 1 is 1.30 bits per heavy atom. The normalized spacial score (nSPS) is 12.8. The Kier molecular flexibility index (Phi) is 3.28. The summed E-state index contributed by atoms with van der Waals surface area (Å²) in [6.45, 7) is 3.80. The minimum atomic E-state index is -0.608. The van der Waals surface area contributed by atoms with E-state index in [1.165, 1.54) is 10.4 Å². The van der Waals surface area contributed by atoms with Gasteiger partial charge in [0.25, 0.3) is 0 Å². The summed E-state index contributed by atoms with van der Waals surface area (Å²) in [5.74, 6) is 1.52. The highest BCUT2D eigenvalue weighted by atomic mass is 32.1. The van der Waals surface area contributed by atoms with Gasteiger partial charge in [0.1, 0.15) is 11.9 Å². The summed E-state index contributed by atoms with van der Waals surface area (Å²) in [5.41, 5.74) is 3.99. The first-order chi connectivity index (χ1) is 11.1. The number of imidazole rings is 2. The second-order valence-electron chi connectivity index (χ2n) is 5.55. The maximum Gasteiger partial charge on any atom is 0.154 e. The van der Waals surface area contributed by atoms with Crippen molar-refractivity contribution in [3.8, 4) is 16.4 Å². The Morgan fingerprint density at radius 3 is 2.91 bits per heavy atom. The first-order valence-corrected chi connectivity index (χ1v) is 8.27. The Morgan fingerprint density at radius 2 is 2.17 bits per heavy atom. The van der Waals surface area contributed by atoms with Crippen LogP contribution in [-0.4, -0.2) is 24.6 Å². The highest BCUT2D eigenvalue weighted by Crippen LogP contribution is 2.30. The first-order valence-electron chi connectivity index (χ1n) is 7.39. The lowest BCUT2D eigenvalue weighted by Crippen LogP contribution is -1.95. The molecule has 0 saturated carbocycles. The van der Waals surface area contributed by atoms with Gasteiger partial charge in [-0.25, -0.2) is 9.97 Å². The first kappa shape index (κ1) is 14.2. The molecule has 0 amide bonds. The Labute approximate surface area is 137 Å². The quantitative estimate of drug-likeness (QED) is 0.602. The topological polar surface area (TPSA) is 66.7 Å². The fourth-order valence-corrected chi connectivity index (χ4v) is 3.57. The van der Waals surface area contributed by atoms with Gasteiger partial charge >= 0.3 is 0 Å². The lowest BCUT2D eigenvalue weighted by Gasteiger charge is -2.07. The molecule has 1 unspecified atom stereocenters. The molecule has 1 aromatic carbocycles. The summed E-state index contributed by atoms with van der Waals surface area (Å²) >= 11 is 1.69. The van der Waals surface area contributed by atoms with Gasteiger partial charge in [-0.05, 0) is 49.1 Å². The molecular formula is C17H16N4OS. The number of hydrogen-bond acceptors (Lipinski definition) is 4. The molecule has 0 radical (unpaired) electrons. The van der Waals surface area contributed by atoms with Crippen LogP contribution in [0.2, 0.25) is 0 Å². The van der Waals surface area contributed by atoms with Crippen molar-refractivity contribution in [2.45, 2.75) is 20.0 Å². The van der Waals surface area contributed by atoms with E-state index in [1.54, 1.807) is 18.3 Å². The summed E-state index contributed by atoms with van der Waals surface area (Å²) in [5, 5.41) is 11.8. The van der Waals surface area contributed by atoms with Gasteiger partial charge in [-0.3, -0.25) is 4.57 Å². The lowest BCUT2D eigenvalue weighted by atomic mass is 10.2. The molecule has 0 aliphatic heterocycles. The average Bonchev–Trinajstić information content (AvgIpc) is 3.24. The molecule has 116 valence electrons. The summed E-state index contributed by atoms with van der Waals surface area (Å²) in [4.78, 5) is 13.3.